The molecule has 8 rings (SSSR count). The smallest absolute Gasteiger partial charge is 0.119 e. The van der Waals surface area contributed by atoms with Crippen molar-refractivity contribution in [3.63, 3.8) is 0 Å². The molecule has 0 radical (unpaired) electrons. The highest BCUT2D eigenvalue weighted by molar-refractivity contribution is 5.47. The summed E-state index contributed by atoms with van der Waals surface area (Å²) in [5, 5.41) is 10.7. The number of hydrogen-bond donors (Lipinski definition) is 1. The number of rotatable bonds is 3. The molecule has 2 saturated carbocycles. The van der Waals surface area contributed by atoms with Gasteiger partial charge >= 0.3 is 0 Å². The summed E-state index contributed by atoms with van der Waals surface area (Å²) in [6.45, 7) is 3.67. The second-order valence-electron chi connectivity index (χ2n) is 14.2. The predicted octanol–water partition coefficient (Wildman–Crippen LogP) is 6.07. The van der Waals surface area contributed by atoms with Crippen molar-refractivity contribution in [3.8, 4) is 11.5 Å². The van der Waals surface area contributed by atoms with Gasteiger partial charge in [-0.3, -0.25) is 4.90 Å². The Hall–Kier alpha value is -2.04. The summed E-state index contributed by atoms with van der Waals surface area (Å²) in [5.74, 6) is 3.69. The number of benzene rings is 2. The van der Waals surface area contributed by atoms with Crippen LogP contribution in [0.25, 0.3) is 0 Å². The van der Waals surface area contributed by atoms with Gasteiger partial charge in [-0.2, -0.15) is 0 Å². The average Bonchev–Trinajstić information content (AvgIpc) is 2.96. The average molecular weight is 527 g/mol. The van der Waals surface area contributed by atoms with Crippen molar-refractivity contribution in [3.05, 3.63) is 58.7 Å². The zero-order valence-electron chi connectivity index (χ0n) is 24.0. The highest BCUT2D eigenvalue weighted by Crippen LogP contribution is 2.60. The largest absolute Gasteiger partial charge is 0.508 e. The number of ether oxygens (including phenoxy) is 1. The summed E-state index contributed by atoms with van der Waals surface area (Å²) in [5.41, 5.74) is 6.84. The Bertz CT molecular complexity index is 1280. The molecule has 4 heteroatoms. The molecule has 0 aromatic heterocycles. The number of fused-ring (bicyclic) bond motifs is 2. The number of piperidine rings is 2. The van der Waals surface area contributed by atoms with Gasteiger partial charge in [0.25, 0.3) is 0 Å². The molecule has 7 atom stereocenters. The number of aromatic hydroxyl groups is 1. The van der Waals surface area contributed by atoms with Crippen molar-refractivity contribution in [1.82, 2.24) is 9.80 Å². The fourth-order valence-corrected chi connectivity index (χ4v) is 11.4. The van der Waals surface area contributed by atoms with E-state index in [9.17, 15) is 5.11 Å². The van der Waals surface area contributed by atoms with Crippen molar-refractivity contribution in [2.75, 3.05) is 33.8 Å². The van der Waals surface area contributed by atoms with Gasteiger partial charge in [-0.1, -0.05) is 31.4 Å². The van der Waals surface area contributed by atoms with Crippen LogP contribution in [0.3, 0.4) is 0 Å². The summed E-state index contributed by atoms with van der Waals surface area (Å²) in [7, 11) is 4.19. The second-order valence-corrected chi connectivity index (χ2v) is 14.2. The number of phenols is 1. The Morgan fingerprint density at radius 2 is 1.67 bits per heavy atom. The van der Waals surface area contributed by atoms with Crippen LogP contribution in [-0.4, -0.2) is 60.8 Å². The second kappa shape index (κ2) is 8.98. The van der Waals surface area contributed by atoms with Crippen molar-refractivity contribution >= 4 is 0 Å². The summed E-state index contributed by atoms with van der Waals surface area (Å²) in [6, 6.07) is 14.7. The first kappa shape index (κ1) is 24.7. The van der Waals surface area contributed by atoms with Gasteiger partial charge in [0.15, 0.2) is 0 Å². The molecule has 2 saturated heterocycles. The van der Waals surface area contributed by atoms with E-state index in [1.165, 1.54) is 95.0 Å². The molecule has 4 aliphatic carbocycles. The molecule has 4 bridgehead atoms. The van der Waals surface area contributed by atoms with Crippen LogP contribution in [0, 0.1) is 17.8 Å². The molecule has 4 fully saturated rings. The van der Waals surface area contributed by atoms with E-state index >= 15 is 0 Å². The third-order valence-corrected chi connectivity index (χ3v) is 13.0. The Labute approximate surface area is 234 Å². The van der Waals surface area contributed by atoms with Crippen LogP contribution < -0.4 is 4.74 Å². The van der Waals surface area contributed by atoms with E-state index in [4.69, 9.17) is 4.74 Å². The molecule has 0 spiro atoms. The van der Waals surface area contributed by atoms with Gasteiger partial charge in [0, 0.05) is 29.5 Å². The first-order valence-electron chi connectivity index (χ1n) is 16.0. The van der Waals surface area contributed by atoms with Crippen molar-refractivity contribution in [1.29, 1.82) is 0 Å². The van der Waals surface area contributed by atoms with E-state index in [1.54, 1.807) is 11.1 Å². The molecular formula is C35H46N2O2. The predicted molar refractivity (Wildman–Crippen MR) is 156 cm³/mol. The molecule has 208 valence electrons. The molecule has 6 aliphatic rings. The minimum atomic E-state index is 0.225. The minimum Gasteiger partial charge on any atom is -0.508 e. The van der Waals surface area contributed by atoms with Gasteiger partial charge in [-0.25, -0.2) is 0 Å². The van der Waals surface area contributed by atoms with Crippen molar-refractivity contribution < 1.29 is 9.84 Å². The molecule has 0 amide bonds. The number of phenolic OH excluding ortho intramolecular Hbond substituents is 1. The SMILES string of the molecule is COc1ccc2c(c1)C13CCCCC1C(C2)N(CC1CCCC2C4Cc5ccc(O)cc5C12CCN4C)CC3. The Balaban J connectivity index is 1.17. The first-order chi connectivity index (χ1) is 19.0. The standard InChI is InChI=1S/C35H46N2O2/c1-36-16-15-35-25(6-5-8-29(35)32(36)18-24-9-11-26(38)20-31(24)35)22-37-17-14-34-13-4-3-7-28(34)33(37)19-23-10-12-27(39-2)21-30(23)34/h9-12,20-21,25,28-29,32-33,38H,3-8,13-19,22H2,1-2H3. The van der Waals surface area contributed by atoms with Gasteiger partial charge in [0.2, 0.25) is 0 Å². The zero-order valence-corrected chi connectivity index (χ0v) is 24.0. The van der Waals surface area contributed by atoms with Crippen LogP contribution in [-0.2, 0) is 23.7 Å². The van der Waals surface area contributed by atoms with Crippen LogP contribution >= 0.6 is 0 Å². The lowest BCUT2D eigenvalue weighted by Gasteiger charge is -2.63. The maximum atomic E-state index is 10.7. The molecular weight excluding hydrogens is 480 g/mol. The molecule has 2 aromatic carbocycles. The molecule has 2 aliphatic heterocycles. The van der Waals surface area contributed by atoms with Crippen LogP contribution in [0.15, 0.2) is 36.4 Å². The topological polar surface area (TPSA) is 35.9 Å². The molecule has 39 heavy (non-hydrogen) atoms. The molecule has 7 unspecified atom stereocenters. The van der Waals surface area contributed by atoms with E-state index < -0.39 is 0 Å². The molecule has 4 nitrogen and oxygen atoms in total. The van der Waals surface area contributed by atoms with E-state index in [-0.39, 0.29) is 5.41 Å². The summed E-state index contributed by atoms with van der Waals surface area (Å²) in [6.07, 6.45) is 14.5. The number of likely N-dealkylation sites (N-methyl/N-ethyl adjacent to an activating group) is 1. The Kier molecular flexibility index (Phi) is 5.69. The maximum Gasteiger partial charge on any atom is 0.119 e. The lowest BCUT2D eigenvalue weighted by atomic mass is 9.48. The number of hydrogen-bond acceptors (Lipinski definition) is 4. The van der Waals surface area contributed by atoms with Gasteiger partial charge in [-0.05, 0) is 136 Å². The quantitative estimate of drug-likeness (QED) is 0.526. The van der Waals surface area contributed by atoms with E-state index in [1.807, 2.05) is 13.2 Å². The van der Waals surface area contributed by atoms with Gasteiger partial charge in [-0.15, -0.1) is 0 Å². The molecule has 2 aromatic rings. The van der Waals surface area contributed by atoms with Crippen LogP contribution in [0.2, 0.25) is 0 Å². The summed E-state index contributed by atoms with van der Waals surface area (Å²) in [4.78, 5) is 5.66. The van der Waals surface area contributed by atoms with E-state index in [0.29, 0.717) is 29.2 Å². The van der Waals surface area contributed by atoms with E-state index in [0.717, 1.165) is 24.0 Å². The third kappa shape index (κ3) is 3.43. The summed E-state index contributed by atoms with van der Waals surface area (Å²) < 4.78 is 5.72. The molecule has 1 N–H and O–H groups in total. The van der Waals surface area contributed by atoms with Crippen molar-refractivity contribution in [2.24, 2.45) is 17.8 Å². The Morgan fingerprint density at radius 3 is 2.56 bits per heavy atom. The molecule has 2 heterocycles. The van der Waals surface area contributed by atoms with Gasteiger partial charge < -0.3 is 14.7 Å². The van der Waals surface area contributed by atoms with Crippen molar-refractivity contribution in [2.45, 2.75) is 93.5 Å². The fraction of sp³-hybridized carbons (Fsp3) is 0.657. The lowest BCUT2D eigenvalue weighted by Crippen LogP contribution is -2.66. The highest BCUT2D eigenvalue weighted by Gasteiger charge is 2.59. The number of likely N-dealkylation sites (tertiary alicyclic amines) is 2. The first-order valence-corrected chi connectivity index (χ1v) is 16.0. The highest BCUT2D eigenvalue weighted by atomic mass is 16.5. The number of nitrogens with zero attached hydrogens (tertiary/aromatic N) is 2. The van der Waals surface area contributed by atoms with Gasteiger partial charge in [0.05, 0.1) is 7.11 Å². The lowest BCUT2D eigenvalue weighted by molar-refractivity contribution is -0.0667. The van der Waals surface area contributed by atoms with Crippen LogP contribution in [0.1, 0.15) is 80.0 Å². The Morgan fingerprint density at radius 1 is 0.846 bits per heavy atom. The monoisotopic (exact) mass is 526 g/mol. The van der Waals surface area contributed by atoms with Crippen LogP contribution in [0.5, 0.6) is 11.5 Å². The third-order valence-electron chi connectivity index (χ3n) is 13.0. The normalized spacial score (nSPS) is 39.2. The summed E-state index contributed by atoms with van der Waals surface area (Å²) >= 11 is 0. The number of methoxy groups -OCH3 is 1. The maximum absolute atomic E-state index is 10.7. The van der Waals surface area contributed by atoms with Gasteiger partial charge in [0.1, 0.15) is 11.5 Å². The van der Waals surface area contributed by atoms with E-state index in [2.05, 4.69) is 47.2 Å². The minimum absolute atomic E-state index is 0.225. The fourth-order valence-electron chi connectivity index (χ4n) is 11.4. The zero-order chi connectivity index (χ0) is 26.4. The van der Waals surface area contributed by atoms with Crippen LogP contribution in [0.4, 0.5) is 0 Å².